The zero-order valence-corrected chi connectivity index (χ0v) is 18.7. The lowest BCUT2D eigenvalue weighted by Gasteiger charge is -2.26. The number of nitrogens with two attached hydrogens (primary N) is 2. The van der Waals surface area contributed by atoms with Gasteiger partial charge in [-0.15, -0.1) is 20.2 Å². The van der Waals surface area contributed by atoms with Gasteiger partial charge >= 0.3 is 11.9 Å². The first-order chi connectivity index (χ1) is 15.4. The van der Waals surface area contributed by atoms with Crippen molar-refractivity contribution in [1.29, 1.82) is 0 Å². The lowest BCUT2D eigenvalue weighted by Crippen LogP contribution is -2.54. The van der Waals surface area contributed by atoms with E-state index in [1.54, 1.807) is 0 Å². The molecule has 0 radical (unpaired) electrons. The van der Waals surface area contributed by atoms with E-state index in [2.05, 4.69) is 29.8 Å². The monoisotopic (exact) mass is 494 g/mol. The van der Waals surface area contributed by atoms with E-state index >= 15 is 0 Å². The Labute approximate surface area is 192 Å². The van der Waals surface area contributed by atoms with Crippen molar-refractivity contribution in [3.05, 3.63) is 32.4 Å². The average Bonchev–Trinajstić information content (AvgIpc) is 2.68. The van der Waals surface area contributed by atoms with E-state index in [1.807, 2.05) is 0 Å². The molecule has 0 saturated heterocycles. The van der Waals surface area contributed by atoms with E-state index in [-0.39, 0.29) is 0 Å². The van der Waals surface area contributed by atoms with E-state index < -0.39 is 70.7 Å². The first kappa shape index (κ1) is 29.9. The summed E-state index contributed by atoms with van der Waals surface area (Å²) in [4.78, 5) is 76.0. The molecule has 0 spiro atoms. The van der Waals surface area contributed by atoms with Crippen LogP contribution in [0.15, 0.2) is 12.2 Å². The molecule has 2 unspecified atom stereocenters. The van der Waals surface area contributed by atoms with Crippen LogP contribution in [0.4, 0.5) is 0 Å². The van der Waals surface area contributed by atoms with Crippen molar-refractivity contribution in [2.75, 3.05) is 13.2 Å². The van der Waals surface area contributed by atoms with Crippen LogP contribution < -0.4 is 22.1 Å². The topological polar surface area (TPSA) is 268 Å². The average molecular weight is 494 g/mol. The van der Waals surface area contributed by atoms with Crippen molar-refractivity contribution < 1.29 is 48.5 Å². The number of nitrogens with one attached hydrogen (secondary N) is 2. The van der Waals surface area contributed by atoms with Crippen molar-refractivity contribution >= 4 is 23.8 Å². The van der Waals surface area contributed by atoms with Crippen LogP contribution in [0.3, 0.4) is 0 Å². The summed E-state index contributed by atoms with van der Waals surface area (Å²) in [5, 5.41) is 22.9. The van der Waals surface area contributed by atoms with Crippen molar-refractivity contribution in [1.82, 2.24) is 10.6 Å². The first-order valence-electron chi connectivity index (χ1n) is 9.23. The molecule has 18 nitrogen and oxygen atoms in total. The van der Waals surface area contributed by atoms with Gasteiger partial charge in [-0.25, -0.2) is 9.59 Å². The number of carbonyl (C=O) groups excluding carboxylic acids is 4. The fourth-order valence-corrected chi connectivity index (χ4v) is 1.88. The molecule has 0 fully saturated rings. The Bertz CT molecular complexity index is 761. The summed E-state index contributed by atoms with van der Waals surface area (Å²) < 4.78 is 9.15. The predicted molar refractivity (Wildman–Crippen MR) is 108 cm³/mol. The molecule has 0 aliphatic heterocycles. The lowest BCUT2D eigenvalue weighted by molar-refractivity contribution is -0.759. The minimum absolute atomic E-state index is 0.508. The van der Waals surface area contributed by atoms with Crippen LogP contribution >= 0.6 is 0 Å². The number of nitrogens with zero attached hydrogens (tertiary/aromatic N) is 2. The molecule has 6 N–H and O–H groups in total. The maximum absolute atomic E-state index is 11.9. The summed E-state index contributed by atoms with van der Waals surface area (Å²) in [7, 11) is 0. The minimum Gasteiger partial charge on any atom is -0.434 e. The fourth-order valence-electron chi connectivity index (χ4n) is 1.88. The second-order valence-corrected chi connectivity index (χ2v) is 7.79. The van der Waals surface area contributed by atoms with Crippen molar-refractivity contribution in [2.24, 2.45) is 11.5 Å². The highest BCUT2D eigenvalue weighted by molar-refractivity contribution is 5.94. The Morgan fingerprint density at radius 3 is 1.35 bits per heavy atom. The number of rotatable bonds is 14. The standard InChI is InChI=1S/C16H26N6O12/c1-15(2,7-31-21(27)28)19-13(25)11(17)33-9(23)5-6-10(24)34-12(18)14(26)20-16(3,4)8-32-22(29)30/h5-6,11-12H,7-8,17-18H2,1-4H3,(H,19,25)(H,20,26)/b6-5+. The van der Waals surface area contributed by atoms with Gasteiger partial charge in [0.25, 0.3) is 22.0 Å². The van der Waals surface area contributed by atoms with Gasteiger partial charge in [0.15, 0.2) is 0 Å². The highest BCUT2D eigenvalue weighted by Gasteiger charge is 2.28. The van der Waals surface area contributed by atoms with Gasteiger partial charge in [0.1, 0.15) is 13.2 Å². The molecule has 2 atom stereocenters. The quantitative estimate of drug-likeness (QED) is 0.0634. The Morgan fingerprint density at radius 2 is 1.09 bits per heavy atom. The molecule has 0 aliphatic rings. The molecule has 0 aliphatic carbocycles. The zero-order chi connectivity index (χ0) is 26.7. The second-order valence-electron chi connectivity index (χ2n) is 7.79. The Kier molecular flexibility index (Phi) is 11.3. The third kappa shape index (κ3) is 13.4. The Balaban J connectivity index is 4.64. The van der Waals surface area contributed by atoms with Crippen LogP contribution in [-0.4, -0.2) is 70.7 Å². The van der Waals surface area contributed by atoms with Gasteiger partial charge in [-0.3, -0.25) is 21.1 Å². The van der Waals surface area contributed by atoms with E-state index in [0.717, 1.165) is 0 Å². The summed E-state index contributed by atoms with van der Waals surface area (Å²) in [6, 6.07) is 0. The molecule has 192 valence electrons. The molecule has 2 amide bonds. The maximum atomic E-state index is 11.9. The number of amides is 2. The van der Waals surface area contributed by atoms with Gasteiger partial charge < -0.3 is 29.8 Å². The Morgan fingerprint density at radius 1 is 0.794 bits per heavy atom. The molecule has 0 aromatic carbocycles. The normalized spacial score (nSPS) is 13.2. The number of ether oxygens (including phenoxy) is 2. The van der Waals surface area contributed by atoms with E-state index in [1.165, 1.54) is 27.7 Å². The summed E-state index contributed by atoms with van der Waals surface area (Å²) in [5.74, 6) is -4.50. The van der Waals surface area contributed by atoms with Gasteiger partial charge in [-0.05, 0) is 27.7 Å². The number of hydrogen-bond donors (Lipinski definition) is 4. The van der Waals surface area contributed by atoms with Crippen LogP contribution in [0.25, 0.3) is 0 Å². The molecule has 34 heavy (non-hydrogen) atoms. The SMILES string of the molecule is CC(C)(CO[N+](=O)[O-])NC(=O)C(N)OC(=O)/C=C/C(=O)OC(N)C(=O)NC(C)(C)CO[N+](=O)[O-]. The highest BCUT2D eigenvalue weighted by atomic mass is 17.0. The van der Waals surface area contributed by atoms with Crippen molar-refractivity contribution in [2.45, 2.75) is 51.2 Å². The maximum Gasteiger partial charge on any atom is 0.333 e. The lowest BCUT2D eigenvalue weighted by atomic mass is 10.1. The molecule has 0 aromatic rings. The molecule has 0 bridgehead atoms. The fraction of sp³-hybridized carbons (Fsp3) is 0.625. The molecular weight excluding hydrogens is 468 g/mol. The van der Waals surface area contributed by atoms with E-state index in [4.69, 9.17) is 11.5 Å². The largest absolute Gasteiger partial charge is 0.434 e. The van der Waals surface area contributed by atoms with E-state index in [0.29, 0.717) is 12.2 Å². The molecule has 0 aromatic heterocycles. The third-order valence-corrected chi connectivity index (χ3v) is 3.34. The van der Waals surface area contributed by atoms with Gasteiger partial charge in [-0.2, -0.15) is 0 Å². The highest BCUT2D eigenvalue weighted by Crippen LogP contribution is 2.05. The number of hydrogen-bond acceptors (Lipinski definition) is 14. The third-order valence-electron chi connectivity index (χ3n) is 3.34. The Hall–Kier alpha value is -4.06. The van der Waals surface area contributed by atoms with Gasteiger partial charge in [-0.1, -0.05) is 0 Å². The molecule has 0 rings (SSSR count). The van der Waals surface area contributed by atoms with Gasteiger partial charge in [0, 0.05) is 12.2 Å². The van der Waals surface area contributed by atoms with Crippen LogP contribution in [0.2, 0.25) is 0 Å². The first-order valence-corrected chi connectivity index (χ1v) is 9.23. The van der Waals surface area contributed by atoms with Crippen molar-refractivity contribution in [3.8, 4) is 0 Å². The van der Waals surface area contributed by atoms with E-state index in [9.17, 15) is 39.4 Å². The van der Waals surface area contributed by atoms with Crippen LogP contribution in [0.5, 0.6) is 0 Å². The van der Waals surface area contributed by atoms with Crippen LogP contribution in [0, 0.1) is 20.2 Å². The van der Waals surface area contributed by atoms with Gasteiger partial charge in [0.2, 0.25) is 12.5 Å². The predicted octanol–water partition coefficient (Wildman–Crippen LogP) is -2.60. The van der Waals surface area contributed by atoms with Crippen LogP contribution in [-0.2, 0) is 38.3 Å². The molecule has 0 saturated carbocycles. The molecular formula is C16H26N6O12. The number of esters is 2. The summed E-state index contributed by atoms with van der Waals surface area (Å²) >= 11 is 0. The summed E-state index contributed by atoms with van der Waals surface area (Å²) in [5.41, 5.74) is 8.35. The van der Waals surface area contributed by atoms with Crippen LogP contribution in [0.1, 0.15) is 27.7 Å². The smallest absolute Gasteiger partial charge is 0.333 e. The minimum atomic E-state index is -1.83. The second kappa shape index (κ2) is 12.8. The zero-order valence-electron chi connectivity index (χ0n) is 18.7. The van der Waals surface area contributed by atoms with Crippen molar-refractivity contribution in [3.63, 3.8) is 0 Å². The van der Waals surface area contributed by atoms with Gasteiger partial charge in [0.05, 0.1) is 11.1 Å². The summed E-state index contributed by atoms with van der Waals surface area (Å²) in [6.45, 7) is 4.52. The number of carbonyl (C=O) groups is 4. The molecule has 0 heterocycles. The molecule has 18 heteroatoms. The summed E-state index contributed by atoms with van der Waals surface area (Å²) in [6.07, 6.45) is -2.59.